The van der Waals surface area contributed by atoms with E-state index < -0.39 is 0 Å². The maximum Gasteiger partial charge on any atom is 0.191 e. The van der Waals surface area contributed by atoms with Crippen molar-refractivity contribution in [3.8, 4) is 0 Å². The average Bonchev–Trinajstić information content (AvgIpc) is 3.24. The minimum Gasteiger partial charge on any atom is -0.379 e. The first-order chi connectivity index (χ1) is 13.8. The Kier molecular flexibility index (Phi) is 10.4. The molecule has 1 aliphatic heterocycles. The highest BCUT2D eigenvalue weighted by molar-refractivity contribution is 14.0. The van der Waals surface area contributed by atoms with Crippen molar-refractivity contribution in [1.29, 1.82) is 0 Å². The van der Waals surface area contributed by atoms with Crippen LogP contribution in [-0.4, -0.2) is 66.6 Å². The van der Waals surface area contributed by atoms with E-state index in [-0.39, 0.29) is 35.8 Å². The van der Waals surface area contributed by atoms with E-state index in [4.69, 9.17) is 9.73 Å². The zero-order chi connectivity index (χ0) is 19.6. The molecule has 1 unspecified atom stereocenters. The van der Waals surface area contributed by atoms with Crippen molar-refractivity contribution in [2.75, 3.05) is 45.9 Å². The van der Waals surface area contributed by atoms with Crippen molar-refractivity contribution >= 4 is 29.9 Å². The van der Waals surface area contributed by atoms with Crippen molar-refractivity contribution in [1.82, 2.24) is 25.3 Å². The highest BCUT2D eigenvalue weighted by atomic mass is 127. The highest BCUT2D eigenvalue weighted by Gasteiger charge is 2.22. The van der Waals surface area contributed by atoms with Crippen LogP contribution in [0.4, 0.5) is 4.39 Å². The molecular formula is C20H30FIN6O. The van der Waals surface area contributed by atoms with E-state index in [9.17, 15) is 4.39 Å². The fourth-order valence-electron chi connectivity index (χ4n) is 3.25. The number of rotatable bonds is 8. The molecule has 2 heterocycles. The number of nitrogens with one attached hydrogen (secondary N) is 2. The molecule has 0 saturated carbocycles. The molecule has 160 valence electrons. The fraction of sp³-hybridized carbons (Fsp3) is 0.500. The van der Waals surface area contributed by atoms with E-state index in [0.29, 0.717) is 19.8 Å². The topological polar surface area (TPSA) is 66.7 Å². The Morgan fingerprint density at radius 1 is 1.24 bits per heavy atom. The number of nitrogens with zero attached hydrogens (tertiary/aromatic N) is 4. The lowest BCUT2D eigenvalue weighted by Crippen LogP contribution is -2.42. The number of hydrogen-bond donors (Lipinski definition) is 2. The molecule has 1 aromatic heterocycles. The summed E-state index contributed by atoms with van der Waals surface area (Å²) in [6.07, 6.45) is 3.71. The number of hydrogen-bond acceptors (Lipinski definition) is 4. The molecule has 0 radical (unpaired) electrons. The lowest BCUT2D eigenvalue weighted by atomic mass is 10.0. The van der Waals surface area contributed by atoms with Gasteiger partial charge in [0.2, 0.25) is 0 Å². The molecule has 2 aromatic rings. The molecule has 0 spiro atoms. The average molecular weight is 516 g/mol. The van der Waals surface area contributed by atoms with Crippen molar-refractivity contribution in [2.24, 2.45) is 4.99 Å². The predicted molar refractivity (Wildman–Crippen MR) is 123 cm³/mol. The van der Waals surface area contributed by atoms with Crippen molar-refractivity contribution < 1.29 is 9.13 Å². The molecule has 3 rings (SSSR count). The number of halogens is 2. The van der Waals surface area contributed by atoms with Crippen LogP contribution in [-0.2, 0) is 11.3 Å². The molecule has 0 bridgehead atoms. The van der Waals surface area contributed by atoms with Crippen LogP contribution in [0.2, 0.25) is 0 Å². The summed E-state index contributed by atoms with van der Waals surface area (Å²) in [6, 6.07) is 8.73. The summed E-state index contributed by atoms with van der Waals surface area (Å²) in [5.41, 5.74) is 1.07. The summed E-state index contributed by atoms with van der Waals surface area (Å²) >= 11 is 0. The van der Waals surface area contributed by atoms with E-state index in [1.807, 2.05) is 36.0 Å². The molecule has 1 aliphatic rings. The summed E-state index contributed by atoms with van der Waals surface area (Å²) in [6.45, 7) is 8.03. The Morgan fingerprint density at radius 2 is 2.00 bits per heavy atom. The van der Waals surface area contributed by atoms with Gasteiger partial charge in [0.1, 0.15) is 5.82 Å². The van der Waals surface area contributed by atoms with E-state index in [1.165, 1.54) is 12.1 Å². The van der Waals surface area contributed by atoms with Gasteiger partial charge in [-0.15, -0.1) is 24.0 Å². The van der Waals surface area contributed by atoms with Crippen LogP contribution >= 0.6 is 24.0 Å². The minimum atomic E-state index is -0.221. The number of ether oxygens (including phenoxy) is 1. The molecule has 0 amide bonds. The van der Waals surface area contributed by atoms with Gasteiger partial charge in [-0.1, -0.05) is 12.1 Å². The van der Waals surface area contributed by atoms with Crippen LogP contribution in [0.5, 0.6) is 0 Å². The molecule has 9 heteroatoms. The maximum absolute atomic E-state index is 13.4. The van der Waals surface area contributed by atoms with Gasteiger partial charge in [-0.05, 0) is 30.7 Å². The molecular weight excluding hydrogens is 486 g/mol. The van der Waals surface area contributed by atoms with Gasteiger partial charge in [-0.3, -0.25) is 14.6 Å². The van der Waals surface area contributed by atoms with E-state index >= 15 is 0 Å². The number of morpholine rings is 1. The molecule has 7 nitrogen and oxygen atoms in total. The predicted octanol–water partition coefficient (Wildman–Crippen LogP) is 2.27. The molecule has 1 aromatic carbocycles. The van der Waals surface area contributed by atoms with Gasteiger partial charge in [0.15, 0.2) is 5.96 Å². The number of guanidine groups is 1. The molecule has 0 aliphatic carbocycles. The second-order valence-corrected chi connectivity index (χ2v) is 6.63. The minimum absolute atomic E-state index is 0. The third kappa shape index (κ3) is 7.56. The smallest absolute Gasteiger partial charge is 0.191 e. The van der Waals surface area contributed by atoms with Crippen molar-refractivity contribution in [2.45, 2.75) is 19.5 Å². The normalized spacial score (nSPS) is 16.1. The summed E-state index contributed by atoms with van der Waals surface area (Å²) in [5, 5.41) is 10.8. The first-order valence-electron chi connectivity index (χ1n) is 9.83. The van der Waals surface area contributed by atoms with Gasteiger partial charge in [0.05, 0.1) is 32.3 Å². The standard InChI is InChI=1S/C20H29FN6O.HI/c1-2-22-20(23-9-11-27-10-3-8-25-27)24-16-19(26-12-14-28-15-13-26)17-4-6-18(21)7-5-17;/h3-8,10,19H,2,9,11-16H2,1H3,(H2,22,23,24);1H. The molecule has 1 fully saturated rings. The summed E-state index contributed by atoms with van der Waals surface area (Å²) in [4.78, 5) is 7.15. The lowest BCUT2D eigenvalue weighted by Gasteiger charge is -2.34. The fourth-order valence-corrected chi connectivity index (χ4v) is 3.25. The van der Waals surface area contributed by atoms with Crippen LogP contribution < -0.4 is 10.6 Å². The van der Waals surface area contributed by atoms with Crippen LogP contribution in [0, 0.1) is 5.82 Å². The molecule has 1 saturated heterocycles. The van der Waals surface area contributed by atoms with Gasteiger partial charge in [-0.2, -0.15) is 5.10 Å². The quantitative estimate of drug-likeness (QED) is 0.320. The van der Waals surface area contributed by atoms with Gasteiger partial charge in [0.25, 0.3) is 0 Å². The second-order valence-electron chi connectivity index (χ2n) is 6.63. The molecule has 29 heavy (non-hydrogen) atoms. The lowest BCUT2D eigenvalue weighted by molar-refractivity contribution is 0.0179. The maximum atomic E-state index is 13.4. The Labute approximate surface area is 188 Å². The zero-order valence-electron chi connectivity index (χ0n) is 16.8. The van der Waals surface area contributed by atoms with Gasteiger partial charge in [-0.25, -0.2) is 4.39 Å². The summed E-state index contributed by atoms with van der Waals surface area (Å²) < 4.78 is 20.7. The van der Waals surface area contributed by atoms with Crippen LogP contribution in [0.1, 0.15) is 18.5 Å². The van der Waals surface area contributed by atoms with E-state index in [0.717, 1.165) is 44.2 Å². The Hall–Kier alpha value is -1.72. The zero-order valence-corrected chi connectivity index (χ0v) is 19.1. The van der Waals surface area contributed by atoms with Crippen molar-refractivity contribution in [3.05, 3.63) is 54.1 Å². The molecule has 2 N–H and O–H groups in total. The summed E-state index contributed by atoms with van der Waals surface area (Å²) in [5.74, 6) is 0.552. The van der Waals surface area contributed by atoms with Crippen LogP contribution in [0.3, 0.4) is 0 Å². The third-order valence-electron chi connectivity index (χ3n) is 4.70. The summed E-state index contributed by atoms with van der Waals surface area (Å²) in [7, 11) is 0. The monoisotopic (exact) mass is 516 g/mol. The van der Waals surface area contributed by atoms with Gasteiger partial charge in [0, 0.05) is 38.6 Å². The largest absolute Gasteiger partial charge is 0.379 e. The number of aromatic nitrogens is 2. The van der Waals surface area contributed by atoms with E-state index in [1.54, 1.807) is 6.20 Å². The Balaban J connectivity index is 0.00000300. The number of aliphatic imine (C=N–C) groups is 1. The SMILES string of the molecule is CCNC(=NCC(c1ccc(F)cc1)N1CCOCC1)NCCn1cccn1.I. The number of benzene rings is 1. The van der Waals surface area contributed by atoms with Crippen LogP contribution in [0.25, 0.3) is 0 Å². The third-order valence-corrected chi connectivity index (χ3v) is 4.70. The van der Waals surface area contributed by atoms with Gasteiger partial charge >= 0.3 is 0 Å². The first kappa shape index (κ1) is 23.6. The van der Waals surface area contributed by atoms with E-state index in [2.05, 4.69) is 20.6 Å². The second kappa shape index (κ2) is 12.8. The molecule has 1 atom stereocenters. The Bertz CT molecular complexity index is 719. The Morgan fingerprint density at radius 3 is 2.66 bits per heavy atom. The highest BCUT2D eigenvalue weighted by Crippen LogP contribution is 2.22. The van der Waals surface area contributed by atoms with Gasteiger partial charge < -0.3 is 15.4 Å². The van der Waals surface area contributed by atoms with Crippen molar-refractivity contribution in [3.63, 3.8) is 0 Å². The first-order valence-corrected chi connectivity index (χ1v) is 9.83. The van der Waals surface area contributed by atoms with Crippen LogP contribution in [0.15, 0.2) is 47.7 Å².